The molecule has 0 radical (unpaired) electrons. The van der Waals surface area contributed by atoms with Gasteiger partial charge in [0.25, 0.3) is 0 Å². The van der Waals surface area contributed by atoms with E-state index in [0.717, 1.165) is 16.9 Å². The molecule has 0 atom stereocenters. The van der Waals surface area contributed by atoms with Gasteiger partial charge in [-0.2, -0.15) is 0 Å². The minimum Gasteiger partial charge on any atom is -0.462 e. The predicted octanol–water partition coefficient (Wildman–Crippen LogP) is 5.49. The van der Waals surface area contributed by atoms with Crippen LogP contribution in [0.4, 0.5) is 5.00 Å². The molecule has 0 bridgehead atoms. The normalized spacial score (nSPS) is 11.4. The first-order valence-corrected chi connectivity index (χ1v) is 10.5. The van der Waals surface area contributed by atoms with Crippen LogP contribution >= 0.6 is 22.9 Å². The van der Waals surface area contributed by atoms with Crippen LogP contribution in [0.15, 0.2) is 30.3 Å². The molecule has 2 aromatic rings. The lowest BCUT2D eigenvalue weighted by Gasteiger charge is -2.19. The largest absolute Gasteiger partial charge is 0.462 e. The molecule has 1 aromatic heterocycles. The van der Waals surface area contributed by atoms with E-state index < -0.39 is 23.4 Å². The van der Waals surface area contributed by atoms with Crippen molar-refractivity contribution in [2.45, 2.75) is 40.2 Å². The lowest BCUT2D eigenvalue weighted by Crippen LogP contribution is -2.23. The molecule has 160 valence electrons. The van der Waals surface area contributed by atoms with Crippen LogP contribution in [0, 0.1) is 6.92 Å². The van der Waals surface area contributed by atoms with Gasteiger partial charge in [0, 0.05) is 11.1 Å². The zero-order valence-electron chi connectivity index (χ0n) is 17.5. The Morgan fingerprint density at radius 2 is 1.90 bits per heavy atom. The van der Waals surface area contributed by atoms with Crippen molar-refractivity contribution in [3.8, 4) is 0 Å². The summed E-state index contributed by atoms with van der Waals surface area (Å²) in [6.45, 7) is 8.73. The number of anilines is 1. The van der Waals surface area contributed by atoms with E-state index >= 15 is 0 Å². The van der Waals surface area contributed by atoms with Crippen molar-refractivity contribution < 1.29 is 23.9 Å². The van der Waals surface area contributed by atoms with Crippen LogP contribution in [0.3, 0.4) is 0 Å². The molecule has 1 aromatic carbocycles. The molecule has 0 saturated carbocycles. The molecule has 0 spiro atoms. The SMILES string of the molecule is CCOC(=O)c1c(NC(=O)/C=C/c2cccc(Cl)c2)sc(C(=O)OC(C)(C)C)c1C. The average Bonchev–Trinajstić information content (AvgIpc) is 2.95. The van der Waals surface area contributed by atoms with Crippen molar-refractivity contribution in [2.24, 2.45) is 0 Å². The molecule has 0 aliphatic heterocycles. The van der Waals surface area contributed by atoms with E-state index in [2.05, 4.69) is 5.32 Å². The van der Waals surface area contributed by atoms with Crippen LogP contribution in [0.2, 0.25) is 5.02 Å². The lowest BCUT2D eigenvalue weighted by molar-refractivity contribution is -0.111. The summed E-state index contributed by atoms with van der Waals surface area (Å²) in [5, 5.41) is 3.45. The fourth-order valence-electron chi connectivity index (χ4n) is 2.51. The average molecular weight is 450 g/mol. The number of hydrogen-bond acceptors (Lipinski definition) is 6. The van der Waals surface area contributed by atoms with Gasteiger partial charge < -0.3 is 14.8 Å². The highest BCUT2D eigenvalue weighted by Crippen LogP contribution is 2.35. The molecular formula is C22H24ClNO5S. The van der Waals surface area contributed by atoms with Gasteiger partial charge in [-0.25, -0.2) is 9.59 Å². The molecule has 1 heterocycles. The monoisotopic (exact) mass is 449 g/mol. The Kier molecular flexibility index (Phi) is 7.81. The Morgan fingerprint density at radius 3 is 2.50 bits per heavy atom. The second kappa shape index (κ2) is 9.91. The first-order chi connectivity index (χ1) is 14.0. The minimum absolute atomic E-state index is 0.146. The number of rotatable bonds is 6. The van der Waals surface area contributed by atoms with Gasteiger partial charge in [0.15, 0.2) is 0 Å². The first kappa shape index (κ1) is 23.6. The van der Waals surface area contributed by atoms with Crippen molar-refractivity contribution in [1.29, 1.82) is 0 Å². The molecule has 8 heteroatoms. The van der Waals surface area contributed by atoms with E-state index in [1.807, 2.05) is 0 Å². The molecule has 30 heavy (non-hydrogen) atoms. The highest BCUT2D eigenvalue weighted by molar-refractivity contribution is 7.18. The van der Waals surface area contributed by atoms with Crippen molar-refractivity contribution in [2.75, 3.05) is 11.9 Å². The van der Waals surface area contributed by atoms with Crippen molar-refractivity contribution in [3.05, 3.63) is 56.9 Å². The maximum atomic E-state index is 12.6. The summed E-state index contributed by atoms with van der Waals surface area (Å²) in [6.07, 6.45) is 2.92. The third-order valence-electron chi connectivity index (χ3n) is 3.72. The molecule has 0 unspecified atom stereocenters. The minimum atomic E-state index is -0.694. The summed E-state index contributed by atoms with van der Waals surface area (Å²) in [5.74, 6) is -1.64. The smallest absolute Gasteiger partial charge is 0.349 e. The van der Waals surface area contributed by atoms with Gasteiger partial charge in [-0.1, -0.05) is 23.7 Å². The number of benzene rings is 1. The van der Waals surface area contributed by atoms with Crippen LogP contribution in [0.5, 0.6) is 0 Å². The molecule has 2 rings (SSSR count). The topological polar surface area (TPSA) is 81.7 Å². The number of nitrogens with one attached hydrogen (secondary N) is 1. The number of carbonyl (C=O) groups excluding carboxylic acids is 3. The molecule has 1 N–H and O–H groups in total. The van der Waals surface area contributed by atoms with Crippen molar-refractivity contribution >= 4 is 51.9 Å². The Hall–Kier alpha value is -2.64. The third-order valence-corrected chi connectivity index (χ3v) is 5.15. The number of amides is 1. The second-order valence-corrected chi connectivity index (χ2v) is 8.82. The van der Waals surface area contributed by atoms with E-state index in [-0.39, 0.29) is 22.0 Å². The van der Waals surface area contributed by atoms with Crippen molar-refractivity contribution in [3.63, 3.8) is 0 Å². The first-order valence-electron chi connectivity index (χ1n) is 9.30. The van der Waals surface area contributed by atoms with E-state index in [1.165, 1.54) is 6.08 Å². The fraction of sp³-hybridized carbons (Fsp3) is 0.318. The highest BCUT2D eigenvalue weighted by atomic mass is 35.5. The van der Waals surface area contributed by atoms with E-state index in [1.54, 1.807) is 65.0 Å². The summed E-state index contributed by atoms with van der Waals surface area (Å²) in [6, 6.07) is 7.02. The summed E-state index contributed by atoms with van der Waals surface area (Å²) in [7, 11) is 0. The second-order valence-electron chi connectivity index (χ2n) is 7.36. The number of thiophene rings is 1. The predicted molar refractivity (Wildman–Crippen MR) is 119 cm³/mol. The van der Waals surface area contributed by atoms with Gasteiger partial charge in [-0.3, -0.25) is 4.79 Å². The maximum Gasteiger partial charge on any atom is 0.349 e. The summed E-state index contributed by atoms with van der Waals surface area (Å²) in [4.78, 5) is 37.7. The van der Waals surface area contributed by atoms with Gasteiger partial charge >= 0.3 is 11.9 Å². The lowest BCUT2D eigenvalue weighted by atomic mass is 10.1. The van der Waals surface area contributed by atoms with E-state index in [0.29, 0.717) is 10.6 Å². The number of esters is 2. The van der Waals surface area contributed by atoms with Crippen LogP contribution in [0.25, 0.3) is 6.08 Å². The van der Waals surface area contributed by atoms with Gasteiger partial charge in [0.05, 0.1) is 12.2 Å². The molecule has 0 aliphatic carbocycles. The van der Waals surface area contributed by atoms with Gasteiger partial charge in [-0.15, -0.1) is 11.3 Å². The molecule has 0 aliphatic rings. The van der Waals surface area contributed by atoms with Gasteiger partial charge in [0.1, 0.15) is 15.5 Å². The quantitative estimate of drug-likeness (QED) is 0.465. The zero-order valence-corrected chi connectivity index (χ0v) is 19.1. The number of hydrogen-bond donors (Lipinski definition) is 1. The van der Waals surface area contributed by atoms with Crippen molar-refractivity contribution in [1.82, 2.24) is 0 Å². The highest BCUT2D eigenvalue weighted by Gasteiger charge is 2.29. The molecule has 0 fully saturated rings. The molecular weight excluding hydrogens is 426 g/mol. The standard InChI is InChI=1S/C22H24ClNO5S/c1-6-28-20(26)17-13(2)18(21(27)29-22(3,4)5)30-19(17)24-16(25)11-10-14-8-7-9-15(23)12-14/h7-12H,6H2,1-5H3,(H,24,25)/b11-10+. The van der Waals surface area contributed by atoms with Crippen LogP contribution in [-0.2, 0) is 14.3 Å². The van der Waals surface area contributed by atoms with Gasteiger partial charge in [0.2, 0.25) is 5.91 Å². The Bertz CT molecular complexity index is 988. The van der Waals surface area contributed by atoms with Gasteiger partial charge in [-0.05, 0) is 64.0 Å². The Labute approximate surface area is 184 Å². The van der Waals surface area contributed by atoms with Crippen LogP contribution in [-0.4, -0.2) is 30.1 Å². The zero-order chi connectivity index (χ0) is 22.5. The molecule has 6 nitrogen and oxygen atoms in total. The molecule has 0 saturated heterocycles. The Morgan fingerprint density at radius 1 is 1.20 bits per heavy atom. The van der Waals surface area contributed by atoms with Crippen LogP contribution in [0.1, 0.15) is 58.9 Å². The maximum absolute atomic E-state index is 12.6. The fourth-order valence-corrected chi connectivity index (χ4v) is 3.78. The number of ether oxygens (including phenoxy) is 2. The van der Waals surface area contributed by atoms with Crippen LogP contribution < -0.4 is 5.32 Å². The van der Waals surface area contributed by atoms with E-state index in [4.69, 9.17) is 21.1 Å². The summed E-state index contributed by atoms with van der Waals surface area (Å²) >= 11 is 6.92. The summed E-state index contributed by atoms with van der Waals surface area (Å²) in [5.41, 5.74) is 0.606. The van der Waals surface area contributed by atoms with E-state index in [9.17, 15) is 14.4 Å². The molecule has 1 amide bonds. The Balaban J connectivity index is 2.32. The third kappa shape index (κ3) is 6.43. The number of halogens is 1. The summed E-state index contributed by atoms with van der Waals surface area (Å²) < 4.78 is 10.5. The number of carbonyl (C=O) groups is 3.